The maximum Gasteiger partial charge on any atom is 0.244 e. The molecule has 1 heterocycles. The summed E-state index contributed by atoms with van der Waals surface area (Å²) in [5, 5.41) is 17.5. The Hall–Kier alpha value is -2.32. The Morgan fingerprint density at radius 1 is 1.11 bits per heavy atom. The van der Waals surface area contributed by atoms with Gasteiger partial charge in [-0.25, -0.2) is 0 Å². The summed E-state index contributed by atoms with van der Waals surface area (Å²) in [6.07, 6.45) is 1.28. The lowest BCUT2D eigenvalue weighted by atomic mass is 10.0. The lowest BCUT2D eigenvalue weighted by Gasteiger charge is -2.20. The Morgan fingerprint density at radius 3 is 2.25 bits per heavy atom. The van der Waals surface area contributed by atoms with Gasteiger partial charge in [0.25, 0.3) is 0 Å². The number of aromatic nitrogens is 2. The largest absolute Gasteiger partial charge is 0.493 e. The fraction of sp³-hybridized carbons (Fsp3) is 0.600. The molecule has 0 spiro atoms. The molecule has 2 aromatic rings. The van der Waals surface area contributed by atoms with Crippen LogP contribution in [-0.2, 0) is 0 Å². The molecule has 0 unspecified atom stereocenters. The monoisotopic (exact) mass is 393 g/mol. The van der Waals surface area contributed by atoms with Gasteiger partial charge in [-0.3, -0.25) is 0 Å². The van der Waals surface area contributed by atoms with Crippen molar-refractivity contribution in [3.05, 3.63) is 18.0 Å². The summed E-state index contributed by atoms with van der Waals surface area (Å²) in [5.41, 5.74) is 0.693. The minimum Gasteiger partial charge on any atom is -0.493 e. The molecule has 0 fully saturated rings. The molecule has 0 bridgehead atoms. The molecule has 156 valence electrons. The van der Waals surface area contributed by atoms with E-state index in [9.17, 15) is 5.11 Å². The van der Waals surface area contributed by atoms with Crippen LogP contribution in [0.1, 0.15) is 45.5 Å². The van der Waals surface area contributed by atoms with Gasteiger partial charge in [0.1, 0.15) is 0 Å². The Morgan fingerprint density at radius 2 is 1.75 bits per heavy atom. The van der Waals surface area contributed by atoms with Crippen molar-refractivity contribution < 1.29 is 23.8 Å². The number of aliphatic hydroxyl groups excluding tert-OH is 1. The van der Waals surface area contributed by atoms with E-state index in [2.05, 4.69) is 29.3 Å². The van der Waals surface area contributed by atoms with Crippen molar-refractivity contribution in [2.75, 3.05) is 27.9 Å². The summed E-state index contributed by atoms with van der Waals surface area (Å²) in [7, 11) is 4.67. The van der Waals surface area contributed by atoms with Crippen molar-refractivity contribution >= 4 is 0 Å². The highest BCUT2D eigenvalue weighted by Crippen LogP contribution is 2.40. The summed E-state index contributed by atoms with van der Waals surface area (Å²) >= 11 is 0. The van der Waals surface area contributed by atoms with Crippen molar-refractivity contribution in [1.82, 2.24) is 15.5 Å². The quantitative estimate of drug-likeness (QED) is 0.600. The lowest BCUT2D eigenvalue weighted by molar-refractivity contribution is 0.148. The molecule has 28 heavy (non-hydrogen) atoms. The van der Waals surface area contributed by atoms with E-state index in [1.54, 1.807) is 33.5 Å². The van der Waals surface area contributed by atoms with Gasteiger partial charge in [0.2, 0.25) is 17.5 Å². The smallest absolute Gasteiger partial charge is 0.244 e. The molecule has 1 aromatic heterocycles. The van der Waals surface area contributed by atoms with E-state index >= 15 is 0 Å². The number of benzene rings is 1. The molecule has 0 radical (unpaired) electrons. The molecule has 8 nitrogen and oxygen atoms in total. The molecule has 2 N–H and O–H groups in total. The van der Waals surface area contributed by atoms with Crippen LogP contribution in [0.3, 0.4) is 0 Å². The number of ether oxygens (including phenoxy) is 3. The highest BCUT2D eigenvalue weighted by molar-refractivity contribution is 5.66. The van der Waals surface area contributed by atoms with Gasteiger partial charge in [0.15, 0.2) is 11.5 Å². The average Bonchev–Trinajstić information content (AvgIpc) is 3.16. The van der Waals surface area contributed by atoms with Gasteiger partial charge in [-0.1, -0.05) is 32.3 Å². The normalized spacial score (nSPS) is 13.4. The van der Waals surface area contributed by atoms with Crippen molar-refractivity contribution in [3.63, 3.8) is 0 Å². The van der Waals surface area contributed by atoms with Gasteiger partial charge in [-0.15, -0.1) is 0 Å². The second-order valence-corrected chi connectivity index (χ2v) is 6.94. The summed E-state index contributed by atoms with van der Waals surface area (Å²) in [5.74, 6) is 2.65. The lowest BCUT2D eigenvalue weighted by Crippen LogP contribution is -2.33. The first-order valence-electron chi connectivity index (χ1n) is 9.50. The molecule has 0 aliphatic carbocycles. The minimum absolute atomic E-state index is 0.158. The number of aliphatic hydroxyl groups is 1. The van der Waals surface area contributed by atoms with Crippen LogP contribution in [0.2, 0.25) is 0 Å². The zero-order chi connectivity index (χ0) is 20.7. The Bertz CT molecular complexity index is 722. The van der Waals surface area contributed by atoms with Crippen molar-refractivity contribution in [2.24, 2.45) is 5.92 Å². The first-order valence-corrected chi connectivity index (χ1v) is 9.50. The predicted octanol–water partition coefficient (Wildman–Crippen LogP) is 3.21. The van der Waals surface area contributed by atoms with Crippen LogP contribution < -0.4 is 19.5 Å². The van der Waals surface area contributed by atoms with Crippen LogP contribution in [0.4, 0.5) is 0 Å². The third-order valence-electron chi connectivity index (χ3n) is 4.49. The first-order chi connectivity index (χ1) is 13.4. The topological polar surface area (TPSA) is 98.9 Å². The van der Waals surface area contributed by atoms with E-state index in [1.807, 2.05) is 6.92 Å². The van der Waals surface area contributed by atoms with E-state index < -0.39 is 6.10 Å². The third-order valence-corrected chi connectivity index (χ3v) is 4.49. The predicted molar refractivity (Wildman–Crippen MR) is 106 cm³/mol. The number of hydrogen-bond donors (Lipinski definition) is 2. The van der Waals surface area contributed by atoms with Crippen LogP contribution >= 0.6 is 0 Å². The van der Waals surface area contributed by atoms with E-state index in [0.29, 0.717) is 41.1 Å². The fourth-order valence-electron chi connectivity index (χ4n) is 3.00. The molecule has 0 aliphatic rings. The van der Waals surface area contributed by atoms with Gasteiger partial charge < -0.3 is 29.2 Å². The van der Waals surface area contributed by atoms with Crippen molar-refractivity contribution in [2.45, 2.75) is 45.8 Å². The number of hydrogen-bond acceptors (Lipinski definition) is 8. The first kappa shape index (κ1) is 22.0. The van der Waals surface area contributed by atoms with Gasteiger partial charge in [-0.05, 0) is 24.5 Å². The SMILES string of the molecule is CCC[C@@H](O)CN[C@@H](c1nc(-c2cc(OC)c(OC)c(OC)c2)no1)C(C)C. The van der Waals surface area contributed by atoms with Crippen LogP contribution in [0.15, 0.2) is 16.7 Å². The Balaban J connectivity index is 2.28. The van der Waals surface area contributed by atoms with E-state index in [4.69, 9.17) is 18.7 Å². The summed E-state index contributed by atoms with van der Waals surface area (Å²) < 4.78 is 21.7. The molecule has 1 aromatic carbocycles. The Labute approximate surface area is 166 Å². The number of methoxy groups -OCH3 is 3. The second kappa shape index (κ2) is 10.3. The zero-order valence-corrected chi connectivity index (χ0v) is 17.5. The van der Waals surface area contributed by atoms with Gasteiger partial charge in [0, 0.05) is 12.1 Å². The molecule has 2 atom stereocenters. The minimum atomic E-state index is -0.399. The van der Waals surface area contributed by atoms with Crippen LogP contribution in [0.25, 0.3) is 11.4 Å². The van der Waals surface area contributed by atoms with Crippen LogP contribution in [0.5, 0.6) is 17.2 Å². The molecule has 8 heteroatoms. The molecular weight excluding hydrogens is 362 g/mol. The standard InChI is InChI=1S/C20H31N3O5/c1-7-8-14(24)11-21-17(12(2)3)20-22-19(23-28-20)13-9-15(25-4)18(27-6)16(10-13)26-5/h9-10,12,14,17,21,24H,7-8,11H2,1-6H3/t14-,17-/m1/s1. The molecule has 2 rings (SSSR count). The maximum atomic E-state index is 10.0. The van der Waals surface area contributed by atoms with Crippen molar-refractivity contribution in [3.8, 4) is 28.6 Å². The number of nitrogens with zero attached hydrogens (tertiary/aromatic N) is 2. The fourth-order valence-corrected chi connectivity index (χ4v) is 3.00. The van der Waals surface area contributed by atoms with Crippen LogP contribution in [-0.4, -0.2) is 49.2 Å². The summed E-state index contributed by atoms with van der Waals surface area (Å²) in [4.78, 5) is 4.56. The van der Waals surface area contributed by atoms with Gasteiger partial charge in [-0.2, -0.15) is 4.98 Å². The van der Waals surface area contributed by atoms with Crippen molar-refractivity contribution in [1.29, 1.82) is 0 Å². The molecule has 0 amide bonds. The second-order valence-electron chi connectivity index (χ2n) is 6.94. The Kier molecular flexibility index (Phi) is 8.07. The molecule has 0 aliphatic heterocycles. The summed E-state index contributed by atoms with van der Waals surface area (Å²) in [6.45, 7) is 6.64. The van der Waals surface area contributed by atoms with Gasteiger partial charge in [0.05, 0.1) is 33.5 Å². The molecule has 0 saturated carbocycles. The summed E-state index contributed by atoms with van der Waals surface area (Å²) in [6, 6.07) is 3.40. The number of rotatable bonds is 11. The van der Waals surface area contributed by atoms with E-state index in [0.717, 1.165) is 12.8 Å². The molecular formula is C20H31N3O5. The zero-order valence-electron chi connectivity index (χ0n) is 17.5. The highest BCUT2D eigenvalue weighted by atomic mass is 16.5. The van der Waals surface area contributed by atoms with E-state index in [-0.39, 0.29) is 12.0 Å². The highest BCUT2D eigenvalue weighted by Gasteiger charge is 2.24. The molecule has 0 saturated heterocycles. The average molecular weight is 393 g/mol. The maximum absolute atomic E-state index is 10.0. The number of nitrogens with one attached hydrogen (secondary N) is 1. The van der Waals surface area contributed by atoms with Gasteiger partial charge >= 0.3 is 0 Å². The van der Waals surface area contributed by atoms with Crippen LogP contribution in [0, 0.1) is 5.92 Å². The van der Waals surface area contributed by atoms with E-state index in [1.165, 1.54) is 0 Å². The third kappa shape index (κ3) is 5.14.